The number of nitrogens with one attached hydrogen (secondary N) is 1. The third kappa shape index (κ3) is 4.83. The zero-order valence-electron chi connectivity index (χ0n) is 18.6. The number of nitro groups is 1. The van der Waals surface area contributed by atoms with Crippen LogP contribution in [-0.2, 0) is 0 Å². The van der Waals surface area contributed by atoms with E-state index in [1.54, 1.807) is 78.7 Å². The maximum Gasteiger partial charge on any atom is 0.292 e. The molecule has 3 aromatic rings. The van der Waals surface area contributed by atoms with Crippen molar-refractivity contribution in [2.24, 2.45) is 0 Å². The number of carbonyl (C=O) groups excluding carboxylic acids is 2. The number of nitro benzene ring substituents is 1. The van der Waals surface area contributed by atoms with E-state index in [1.165, 1.54) is 6.07 Å². The molecule has 0 aromatic heterocycles. The van der Waals surface area contributed by atoms with Gasteiger partial charge in [-0.3, -0.25) is 19.7 Å². The first-order valence-corrected chi connectivity index (χ1v) is 10.8. The van der Waals surface area contributed by atoms with Crippen LogP contribution in [0.5, 0.6) is 5.75 Å². The predicted octanol–water partition coefficient (Wildman–Crippen LogP) is 3.82. The van der Waals surface area contributed by atoms with E-state index < -0.39 is 4.92 Å². The first-order valence-electron chi connectivity index (χ1n) is 10.8. The Morgan fingerprint density at radius 3 is 2.24 bits per heavy atom. The highest BCUT2D eigenvalue weighted by Gasteiger charge is 2.27. The Kier molecular flexibility index (Phi) is 6.72. The maximum absolute atomic E-state index is 13.3. The summed E-state index contributed by atoms with van der Waals surface area (Å²) in [5.74, 6) is 0.115. The van der Waals surface area contributed by atoms with Gasteiger partial charge in [-0.2, -0.15) is 0 Å². The number of rotatable bonds is 6. The minimum Gasteiger partial charge on any atom is -0.497 e. The highest BCUT2D eigenvalue weighted by atomic mass is 16.6. The summed E-state index contributed by atoms with van der Waals surface area (Å²) in [5, 5.41) is 14.2. The molecule has 1 aliphatic heterocycles. The largest absolute Gasteiger partial charge is 0.497 e. The van der Waals surface area contributed by atoms with Gasteiger partial charge in [0, 0.05) is 37.8 Å². The molecule has 0 radical (unpaired) electrons. The summed E-state index contributed by atoms with van der Waals surface area (Å²) in [6.45, 7) is 1.76. The van der Waals surface area contributed by atoms with Gasteiger partial charge in [-0.15, -0.1) is 0 Å². The number of nitrogens with zero attached hydrogens (tertiary/aromatic N) is 3. The van der Waals surface area contributed by atoms with Crippen molar-refractivity contribution in [2.45, 2.75) is 0 Å². The van der Waals surface area contributed by atoms with Crippen molar-refractivity contribution in [3.63, 3.8) is 0 Å². The quantitative estimate of drug-likeness (QED) is 0.443. The number of hydrogen-bond acceptors (Lipinski definition) is 6. The molecule has 0 unspecified atom stereocenters. The van der Waals surface area contributed by atoms with Gasteiger partial charge >= 0.3 is 0 Å². The molecule has 0 saturated carbocycles. The molecule has 1 fully saturated rings. The lowest BCUT2D eigenvalue weighted by Crippen LogP contribution is -2.49. The van der Waals surface area contributed by atoms with Crippen LogP contribution in [0.1, 0.15) is 20.7 Å². The highest BCUT2D eigenvalue weighted by Crippen LogP contribution is 2.29. The van der Waals surface area contributed by atoms with Crippen LogP contribution >= 0.6 is 0 Å². The van der Waals surface area contributed by atoms with Crippen LogP contribution in [0.4, 0.5) is 17.1 Å². The zero-order chi connectivity index (χ0) is 24.1. The van der Waals surface area contributed by atoms with Gasteiger partial charge in [0.15, 0.2) is 0 Å². The Balaban J connectivity index is 1.45. The SMILES string of the molecule is COc1ccc(C(=O)Nc2ccccc2C(=O)N2CCN(c3ccccc3[N+](=O)[O-])CC2)cc1. The van der Waals surface area contributed by atoms with Crippen LogP contribution in [-0.4, -0.2) is 54.9 Å². The molecule has 0 bridgehead atoms. The van der Waals surface area contributed by atoms with Crippen LogP contribution in [0.2, 0.25) is 0 Å². The molecule has 3 aromatic carbocycles. The molecule has 0 atom stereocenters. The molecule has 9 heteroatoms. The van der Waals surface area contributed by atoms with Crippen LogP contribution in [0.25, 0.3) is 0 Å². The predicted molar refractivity (Wildman–Crippen MR) is 129 cm³/mol. The van der Waals surface area contributed by atoms with Crippen molar-refractivity contribution in [1.82, 2.24) is 4.90 Å². The molecule has 0 aliphatic carbocycles. The van der Waals surface area contributed by atoms with E-state index >= 15 is 0 Å². The Hall–Kier alpha value is -4.40. The van der Waals surface area contributed by atoms with Gasteiger partial charge in [-0.1, -0.05) is 24.3 Å². The fourth-order valence-electron chi connectivity index (χ4n) is 3.92. The highest BCUT2D eigenvalue weighted by molar-refractivity contribution is 6.09. The molecule has 9 nitrogen and oxygen atoms in total. The van der Waals surface area contributed by atoms with Crippen molar-refractivity contribution >= 4 is 28.9 Å². The lowest BCUT2D eigenvalue weighted by atomic mass is 10.1. The first-order chi connectivity index (χ1) is 16.5. The lowest BCUT2D eigenvalue weighted by Gasteiger charge is -2.36. The Bertz CT molecular complexity index is 1200. The Morgan fingerprint density at radius 2 is 1.56 bits per heavy atom. The van der Waals surface area contributed by atoms with E-state index in [2.05, 4.69) is 5.32 Å². The van der Waals surface area contributed by atoms with Gasteiger partial charge in [0.2, 0.25) is 0 Å². The summed E-state index contributed by atoms with van der Waals surface area (Å²) in [5.41, 5.74) is 1.86. The Labute approximate surface area is 196 Å². The smallest absolute Gasteiger partial charge is 0.292 e. The van der Waals surface area contributed by atoms with E-state index in [0.717, 1.165) is 0 Å². The monoisotopic (exact) mass is 460 g/mol. The van der Waals surface area contributed by atoms with Gasteiger partial charge in [-0.25, -0.2) is 0 Å². The number of piperazine rings is 1. The molecule has 34 heavy (non-hydrogen) atoms. The number of para-hydroxylation sites is 3. The minimum absolute atomic E-state index is 0.0499. The van der Waals surface area contributed by atoms with Gasteiger partial charge in [0.1, 0.15) is 11.4 Å². The fourth-order valence-corrected chi connectivity index (χ4v) is 3.92. The topological polar surface area (TPSA) is 105 Å². The molecule has 174 valence electrons. The molecule has 1 N–H and O–H groups in total. The number of hydrogen-bond donors (Lipinski definition) is 1. The number of carbonyl (C=O) groups is 2. The van der Waals surface area contributed by atoms with E-state index in [0.29, 0.717) is 54.4 Å². The average Bonchev–Trinajstić information content (AvgIpc) is 2.88. The molecule has 2 amide bonds. The van der Waals surface area contributed by atoms with Crippen molar-refractivity contribution in [2.75, 3.05) is 43.5 Å². The number of amides is 2. The van der Waals surface area contributed by atoms with Crippen molar-refractivity contribution in [3.8, 4) is 5.75 Å². The summed E-state index contributed by atoms with van der Waals surface area (Å²) in [6, 6.07) is 20.2. The molecular formula is C25H24N4O5. The van der Waals surface area contributed by atoms with Crippen LogP contribution in [0, 0.1) is 10.1 Å². The van der Waals surface area contributed by atoms with Crippen molar-refractivity contribution in [1.29, 1.82) is 0 Å². The average molecular weight is 460 g/mol. The number of benzene rings is 3. The number of ether oxygens (including phenoxy) is 1. The Morgan fingerprint density at radius 1 is 0.912 bits per heavy atom. The first kappa shape index (κ1) is 22.8. The summed E-state index contributed by atoms with van der Waals surface area (Å²) in [4.78, 5) is 40.6. The third-order valence-electron chi connectivity index (χ3n) is 5.74. The molecule has 1 heterocycles. The lowest BCUT2D eigenvalue weighted by molar-refractivity contribution is -0.384. The van der Waals surface area contributed by atoms with Gasteiger partial charge < -0.3 is 19.9 Å². The maximum atomic E-state index is 13.3. The van der Waals surface area contributed by atoms with E-state index in [4.69, 9.17) is 4.74 Å². The minimum atomic E-state index is -0.394. The fraction of sp³-hybridized carbons (Fsp3) is 0.200. The summed E-state index contributed by atoms with van der Waals surface area (Å²) in [6.07, 6.45) is 0. The second kappa shape index (κ2) is 10.0. The number of methoxy groups -OCH3 is 1. The molecule has 0 spiro atoms. The normalized spacial score (nSPS) is 13.3. The van der Waals surface area contributed by atoms with Crippen LogP contribution in [0.15, 0.2) is 72.8 Å². The standard InChI is InChI=1S/C25H24N4O5/c1-34-19-12-10-18(11-13-19)24(30)26-21-7-3-2-6-20(21)25(31)28-16-14-27(15-17-28)22-8-4-5-9-23(22)29(32)33/h2-13H,14-17H2,1H3,(H,26,30). The van der Waals surface area contributed by atoms with Crippen molar-refractivity contribution < 1.29 is 19.2 Å². The van der Waals surface area contributed by atoms with Gasteiger partial charge in [-0.05, 0) is 42.5 Å². The molecule has 4 rings (SSSR count). The molecule has 1 saturated heterocycles. The molecule has 1 aliphatic rings. The zero-order valence-corrected chi connectivity index (χ0v) is 18.6. The third-order valence-corrected chi connectivity index (χ3v) is 5.74. The van der Waals surface area contributed by atoms with Crippen LogP contribution in [0.3, 0.4) is 0 Å². The van der Waals surface area contributed by atoms with Crippen LogP contribution < -0.4 is 15.0 Å². The summed E-state index contributed by atoms with van der Waals surface area (Å²) < 4.78 is 5.12. The van der Waals surface area contributed by atoms with Gasteiger partial charge in [0.05, 0.1) is 23.3 Å². The summed E-state index contributed by atoms with van der Waals surface area (Å²) in [7, 11) is 1.55. The molecular weight excluding hydrogens is 436 g/mol. The second-order valence-corrected chi connectivity index (χ2v) is 7.75. The summed E-state index contributed by atoms with van der Waals surface area (Å²) >= 11 is 0. The number of anilines is 2. The van der Waals surface area contributed by atoms with E-state index in [9.17, 15) is 19.7 Å². The second-order valence-electron chi connectivity index (χ2n) is 7.75. The van der Waals surface area contributed by atoms with Crippen molar-refractivity contribution in [3.05, 3.63) is 94.0 Å². The van der Waals surface area contributed by atoms with Gasteiger partial charge in [0.25, 0.3) is 17.5 Å². The van der Waals surface area contributed by atoms with E-state index in [-0.39, 0.29) is 17.5 Å². The van der Waals surface area contributed by atoms with E-state index in [1.807, 2.05) is 4.90 Å².